The van der Waals surface area contributed by atoms with Crippen LogP contribution in [-0.2, 0) is 29.4 Å². The molecule has 162 valence electrons. The Hall–Kier alpha value is -2.58. The van der Waals surface area contributed by atoms with Crippen molar-refractivity contribution in [3.05, 3.63) is 64.3 Å². The molecule has 8 heteroatoms. The second-order valence-corrected chi connectivity index (χ2v) is 9.68. The lowest BCUT2D eigenvalue weighted by molar-refractivity contribution is -0.115. The van der Waals surface area contributed by atoms with Crippen LogP contribution in [-0.4, -0.2) is 34.3 Å². The zero-order valence-electron chi connectivity index (χ0n) is 17.6. The van der Waals surface area contributed by atoms with Gasteiger partial charge in [0, 0.05) is 36.5 Å². The molecule has 1 N–H and O–H groups in total. The van der Waals surface area contributed by atoms with Crippen molar-refractivity contribution in [2.75, 3.05) is 18.2 Å². The lowest BCUT2D eigenvalue weighted by Gasteiger charge is -2.22. The number of nitrogens with one attached hydrogen (secondary N) is 1. The molecule has 1 aromatic carbocycles. The fraction of sp³-hybridized carbons (Fsp3) is 0.348. The van der Waals surface area contributed by atoms with Crippen LogP contribution in [0.5, 0.6) is 0 Å². The number of fused-ring (bicyclic) bond motifs is 1. The predicted octanol–water partition coefficient (Wildman–Crippen LogP) is 4.66. The molecule has 1 atom stereocenters. The molecule has 2 aromatic heterocycles. The Morgan fingerprint density at radius 1 is 1.32 bits per heavy atom. The number of aromatic nitrogens is 2. The highest BCUT2D eigenvalue weighted by atomic mass is 32.2. The molecule has 0 saturated carbocycles. The summed E-state index contributed by atoms with van der Waals surface area (Å²) in [6.07, 6.45) is 6.62. The van der Waals surface area contributed by atoms with Crippen LogP contribution >= 0.6 is 23.1 Å². The average Bonchev–Trinajstić information content (AvgIpc) is 3.36. The van der Waals surface area contributed by atoms with Gasteiger partial charge in [-0.25, -0.2) is 9.78 Å². The molecule has 2 heterocycles. The molecular formula is C23H25N3O3S2. The maximum atomic E-state index is 12.6. The number of benzene rings is 1. The number of carbonyl (C=O) groups excluding carboxylic acids is 2. The van der Waals surface area contributed by atoms with Gasteiger partial charge >= 0.3 is 5.97 Å². The van der Waals surface area contributed by atoms with Crippen LogP contribution in [0.25, 0.3) is 0 Å². The standard InChI is InChI=1S/C23H25N3O3S2/c1-26-12-11-24-23(26)30-13-10-19(27)25-21-20(22(28)29-2)17-9-8-16(14-18(17)31-21)15-6-4-3-5-7-15/h3-7,11-12,16H,8-10,13-14H2,1-2H3,(H,25,27). The minimum atomic E-state index is -0.381. The summed E-state index contributed by atoms with van der Waals surface area (Å²) in [5, 5.41) is 4.46. The van der Waals surface area contributed by atoms with Gasteiger partial charge in [0.15, 0.2) is 5.16 Å². The number of hydrogen-bond donors (Lipinski definition) is 1. The molecule has 0 radical (unpaired) electrons. The van der Waals surface area contributed by atoms with Crippen LogP contribution in [0, 0.1) is 0 Å². The molecule has 0 saturated heterocycles. The minimum Gasteiger partial charge on any atom is -0.465 e. The molecule has 0 fully saturated rings. The van der Waals surface area contributed by atoms with Crippen molar-refractivity contribution in [2.24, 2.45) is 7.05 Å². The van der Waals surface area contributed by atoms with Crippen LogP contribution in [0.1, 0.15) is 45.1 Å². The minimum absolute atomic E-state index is 0.106. The van der Waals surface area contributed by atoms with Gasteiger partial charge in [-0.15, -0.1) is 11.3 Å². The van der Waals surface area contributed by atoms with E-state index in [0.717, 1.165) is 34.9 Å². The molecule has 0 bridgehead atoms. The van der Waals surface area contributed by atoms with Crippen LogP contribution < -0.4 is 5.32 Å². The van der Waals surface area contributed by atoms with Crippen LogP contribution in [0.4, 0.5) is 5.00 Å². The summed E-state index contributed by atoms with van der Waals surface area (Å²) in [7, 11) is 3.31. The maximum absolute atomic E-state index is 12.6. The number of thiophene rings is 1. The van der Waals surface area contributed by atoms with Gasteiger partial charge < -0.3 is 14.6 Å². The average molecular weight is 456 g/mol. The zero-order chi connectivity index (χ0) is 21.8. The molecule has 3 aromatic rings. The number of aryl methyl sites for hydroxylation is 1. The van der Waals surface area contributed by atoms with Gasteiger partial charge in [-0.1, -0.05) is 42.1 Å². The fourth-order valence-electron chi connectivity index (χ4n) is 3.92. The van der Waals surface area contributed by atoms with Crippen molar-refractivity contribution in [3.63, 3.8) is 0 Å². The van der Waals surface area contributed by atoms with E-state index < -0.39 is 0 Å². The highest BCUT2D eigenvalue weighted by Crippen LogP contribution is 2.42. The molecule has 4 rings (SSSR count). The van der Waals surface area contributed by atoms with Crippen molar-refractivity contribution >= 4 is 40.0 Å². The van der Waals surface area contributed by atoms with Crippen LogP contribution in [0.2, 0.25) is 0 Å². The van der Waals surface area contributed by atoms with E-state index in [1.807, 2.05) is 23.9 Å². The first kappa shape index (κ1) is 21.6. The van der Waals surface area contributed by atoms with Crippen molar-refractivity contribution in [1.82, 2.24) is 9.55 Å². The molecule has 1 amide bonds. The Balaban J connectivity index is 1.47. The first-order valence-corrected chi connectivity index (χ1v) is 12.0. The Bertz CT molecular complexity index is 1080. The number of esters is 1. The third-order valence-corrected chi connectivity index (χ3v) is 7.75. The first-order chi connectivity index (χ1) is 15.1. The third-order valence-electron chi connectivity index (χ3n) is 5.52. The third kappa shape index (κ3) is 4.85. The summed E-state index contributed by atoms with van der Waals surface area (Å²) in [5.41, 5.74) is 2.87. The van der Waals surface area contributed by atoms with E-state index in [1.54, 1.807) is 6.20 Å². The van der Waals surface area contributed by atoms with Gasteiger partial charge in [-0.05, 0) is 36.3 Å². The Kier molecular flexibility index (Phi) is 6.77. The highest BCUT2D eigenvalue weighted by Gasteiger charge is 2.30. The number of amides is 1. The number of imidazole rings is 1. The van der Waals surface area contributed by atoms with E-state index in [9.17, 15) is 9.59 Å². The van der Waals surface area contributed by atoms with Gasteiger partial charge in [-0.2, -0.15) is 0 Å². The monoisotopic (exact) mass is 455 g/mol. The van der Waals surface area contributed by atoms with Crippen molar-refractivity contribution < 1.29 is 14.3 Å². The van der Waals surface area contributed by atoms with Crippen LogP contribution in [0.3, 0.4) is 0 Å². The molecule has 31 heavy (non-hydrogen) atoms. The summed E-state index contributed by atoms with van der Waals surface area (Å²) in [6.45, 7) is 0. The van der Waals surface area contributed by atoms with Crippen LogP contribution in [0.15, 0.2) is 47.9 Å². The van der Waals surface area contributed by atoms with E-state index in [4.69, 9.17) is 4.74 Å². The summed E-state index contributed by atoms with van der Waals surface area (Å²) in [6, 6.07) is 10.5. The van der Waals surface area contributed by atoms with Gasteiger partial charge in [0.2, 0.25) is 5.91 Å². The summed E-state index contributed by atoms with van der Waals surface area (Å²) in [4.78, 5) is 30.5. The topological polar surface area (TPSA) is 73.2 Å². The number of anilines is 1. The molecule has 1 aliphatic rings. The number of rotatable bonds is 7. The number of thioether (sulfide) groups is 1. The van der Waals surface area contributed by atoms with Gasteiger partial charge in [0.25, 0.3) is 0 Å². The quantitative estimate of drug-likeness (QED) is 0.414. The summed E-state index contributed by atoms with van der Waals surface area (Å²) in [5.74, 6) is 0.555. The van der Waals surface area contributed by atoms with Crippen molar-refractivity contribution in [3.8, 4) is 0 Å². The molecule has 0 aliphatic heterocycles. The van der Waals surface area contributed by atoms with E-state index in [1.165, 1.54) is 35.8 Å². The Labute approximate surface area is 190 Å². The number of ether oxygens (including phenoxy) is 1. The summed E-state index contributed by atoms with van der Waals surface area (Å²) < 4.78 is 6.96. The summed E-state index contributed by atoms with van der Waals surface area (Å²) >= 11 is 3.05. The number of hydrogen-bond acceptors (Lipinski definition) is 6. The van der Waals surface area contributed by atoms with E-state index >= 15 is 0 Å². The predicted molar refractivity (Wildman–Crippen MR) is 124 cm³/mol. The lowest BCUT2D eigenvalue weighted by atomic mass is 9.83. The molecule has 6 nitrogen and oxygen atoms in total. The number of methoxy groups -OCH3 is 1. The lowest BCUT2D eigenvalue weighted by Crippen LogP contribution is -2.16. The van der Waals surface area contributed by atoms with Gasteiger partial charge in [-0.3, -0.25) is 4.79 Å². The molecule has 1 aliphatic carbocycles. The van der Waals surface area contributed by atoms with E-state index in [2.05, 4.69) is 34.6 Å². The molecular weight excluding hydrogens is 430 g/mol. The first-order valence-electron chi connectivity index (χ1n) is 10.2. The van der Waals surface area contributed by atoms with E-state index in [0.29, 0.717) is 28.7 Å². The zero-order valence-corrected chi connectivity index (χ0v) is 19.2. The maximum Gasteiger partial charge on any atom is 0.341 e. The second-order valence-electron chi connectivity index (χ2n) is 7.52. The second kappa shape index (κ2) is 9.70. The van der Waals surface area contributed by atoms with Gasteiger partial charge in [0.1, 0.15) is 5.00 Å². The smallest absolute Gasteiger partial charge is 0.341 e. The molecule has 0 spiro atoms. The SMILES string of the molecule is COC(=O)c1c(NC(=O)CCSc2nccn2C)sc2c1CCC(c1ccccc1)C2. The number of nitrogens with zero attached hydrogens (tertiary/aromatic N) is 2. The van der Waals surface area contributed by atoms with Crippen molar-refractivity contribution in [2.45, 2.75) is 36.8 Å². The Morgan fingerprint density at radius 2 is 2.13 bits per heavy atom. The number of carbonyl (C=O) groups is 2. The largest absolute Gasteiger partial charge is 0.465 e. The van der Waals surface area contributed by atoms with E-state index in [-0.39, 0.29) is 11.9 Å². The fourth-order valence-corrected chi connectivity index (χ4v) is 6.12. The Morgan fingerprint density at radius 3 is 2.84 bits per heavy atom. The highest BCUT2D eigenvalue weighted by molar-refractivity contribution is 7.99. The van der Waals surface area contributed by atoms with Gasteiger partial charge in [0.05, 0.1) is 12.7 Å². The van der Waals surface area contributed by atoms with Crippen molar-refractivity contribution in [1.29, 1.82) is 0 Å². The molecule has 1 unspecified atom stereocenters. The normalized spacial score (nSPS) is 15.4.